The lowest BCUT2D eigenvalue weighted by atomic mass is 10.2. The van der Waals surface area contributed by atoms with Crippen LogP contribution in [0, 0.1) is 20.8 Å². The first-order valence-electron chi connectivity index (χ1n) is 10.0. The molecule has 0 bridgehead atoms. The summed E-state index contributed by atoms with van der Waals surface area (Å²) in [6.45, 7) is 6.68. The van der Waals surface area contributed by atoms with E-state index in [4.69, 9.17) is 9.40 Å². The highest BCUT2D eigenvalue weighted by Crippen LogP contribution is 2.29. The molecule has 0 unspecified atom stereocenters. The van der Waals surface area contributed by atoms with E-state index in [1.807, 2.05) is 48.7 Å². The molecule has 0 fully saturated rings. The molecule has 0 saturated heterocycles. The molecule has 5 aromatic rings. The number of thioether (sulfide) groups is 1. The molecule has 4 heterocycles. The third-order valence-electron chi connectivity index (χ3n) is 5.16. The average molecular weight is 431 g/mol. The number of hydrogen-bond donors (Lipinski definition) is 0. The van der Waals surface area contributed by atoms with Crippen LogP contribution in [0.25, 0.3) is 17.2 Å². The molecule has 0 saturated carbocycles. The van der Waals surface area contributed by atoms with Crippen molar-refractivity contribution < 1.29 is 4.42 Å². The molecule has 0 radical (unpaired) electrons. The van der Waals surface area contributed by atoms with Gasteiger partial charge in [0.1, 0.15) is 5.76 Å². The highest BCUT2D eigenvalue weighted by Gasteiger charge is 2.18. The fraction of sp³-hybridized carbons (Fsp3) is 0.217. The summed E-state index contributed by atoms with van der Waals surface area (Å²) in [6, 6.07) is 14.3. The summed E-state index contributed by atoms with van der Waals surface area (Å²) in [4.78, 5) is 9.22. The van der Waals surface area contributed by atoms with Crippen LogP contribution < -0.4 is 0 Å². The molecule has 5 rings (SSSR count). The lowest BCUT2D eigenvalue weighted by molar-refractivity contribution is 0.534. The molecule has 0 aliphatic heterocycles. The van der Waals surface area contributed by atoms with Crippen molar-refractivity contribution in [1.29, 1.82) is 0 Å². The Morgan fingerprint density at radius 3 is 2.61 bits per heavy atom. The second-order valence-corrected chi connectivity index (χ2v) is 8.44. The first kappa shape index (κ1) is 19.6. The van der Waals surface area contributed by atoms with Gasteiger partial charge in [0.05, 0.1) is 24.1 Å². The standard InChI is InChI=1S/C23H22N6OS/c1-15-11-16(2)28-13-19(25-22(28)24-15)14-31-23-27-26-21(20-9-10-30-17(20)3)29(23)12-18-7-5-4-6-8-18/h4-11,13H,12,14H2,1-3H3. The topological polar surface area (TPSA) is 74.0 Å². The van der Waals surface area contributed by atoms with Crippen molar-refractivity contribution in [2.75, 3.05) is 0 Å². The number of imidazole rings is 1. The van der Waals surface area contributed by atoms with E-state index >= 15 is 0 Å². The summed E-state index contributed by atoms with van der Waals surface area (Å²) in [5.41, 5.74) is 5.20. The van der Waals surface area contributed by atoms with Gasteiger partial charge in [0.15, 0.2) is 11.0 Å². The first-order valence-corrected chi connectivity index (χ1v) is 11.0. The van der Waals surface area contributed by atoms with Crippen molar-refractivity contribution in [1.82, 2.24) is 29.1 Å². The van der Waals surface area contributed by atoms with Gasteiger partial charge >= 0.3 is 0 Å². The maximum atomic E-state index is 5.51. The Morgan fingerprint density at radius 1 is 1.00 bits per heavy atom. The van der Waals surface area contributed by atoms with Gasteiger partial charge in [-0.05, 0) is 38.5 Å². The molecule has 0 aliphatic carbocycles. The Balaban J connectivity index is 1.47. The first-order chi connectivity index (χ1) is 15.1. The van der Waals surface area contributed by atoms with Crippen LogP contribution in [0.5, 0.6) is 0 Å². The number of aryl methyl sites for hydroxylation is 3. The lowest BCUT2D eigenvalue weighted by Gasteiger charge is -2.09. The summed E-state index contributed by atoms with van der Waals surface area (Å²) >= 11 is 1.62. The van der Waals surface area contributed by atoms with Crippen LogP contribution in [0.3, 0.4) is 0 Å². The molecule has 156 valence electrons. The summed E-state index contributed by atoms with van der Waals surface area (Å²) in [6.07, 6.45) is 3.73. The van der Waals surface area contributed by atoms with E-state index in [2.05, 4.69) is 44.9 Å². The van der Waals surface area contributed by atoms with Gasteiger partial charge in [0.25, 0.3) is 0 Å². The smallest absolute Gasteiger partial charge is 0.234 e. The maximum Gasteiger partial charge on any atom is 0.234 e. The van der Waals surface area contributed by atoms with Gasteiger partial charge in [-0.1, -0.05) is 42.1 Å². The predicted octanol–water partition coefficient (Wildman–Crippen LogP) is 4.85. The van der Waals surface area contributed by atoms with Crippen LogP contribution in [0.15, 0.2) is 64.5 Å². The Bertz CT molecular complexity index is 1350. The number of benzene rings is 1. The molecule has 0 aliphatic rings. The lowest BCUT2D eigenvalue weighted by Crippen LogP contribution is -2.04. The van der Waals surface area contributed by atoms with E-state index in [0.29, 0.717) is 12.3 Å². The van der Waals surface area contributed by atoms with Gasteiger partial charge in [-0.15, -0.1) is 10.2 Å². The molecular weight excluding hydrogens is 408 g/mol. The van der Waals surface area contributed by atoms with Crippen molar-refractivity contribution >= 4 is 17.5 Å². The van der Waals surface area contributed by atoms with Gasteiger partial charge in [-0.3, -0.25) is 8.97 Å². The minimum absolute atomic E-state index is 0.680. The van der Waals surface area contributed by atoms with Crippen molar-refractivity contribution in [3.63, 3.8) is 0 Å². The number of hydrogen-bond acceptors (Lipinski definition) is 6. The Morgan fingerprint density at radius 2 is 1.84 bits per heavy atom. The summed E-state index contributed by atoms with van der Waals surface area (Å²) in [5, 5.41) is 9.83. The van der Waals surface area contributed by atoms with Crippen molar-refractivity contribution in [2.24, 2.45) is 0 Å². The monoisotopic (exact) mass is 430 g/mol. The van der Waals surface area contributed by atoms with Crippen LogP contribution >= 0.6 is 11.8 Å². The molecule has 0 spiro atoms. The van der Waals surface area contributed by atoms with E-state index in [1.54, 1.807) is 18.0 Å². The van der Waals surface area contributed by atoms with E-state index in [9.17, 15) is 0 Å². The van der Waals surface area contributed by atoms with Crippen LogP contribution in [-0.4, -0.2) is 29.1 Å². The third-order valence-corrected chi connectivity index (χ3v) is 6.16. The Hall–Kier alpha value is -3.39. The van der Waals surface area contributed by atoms with Crippen molar-refractivity contribution in [2.45, 2.75) is 38.2 Å². The second kappa shape index (κ2) is 8.03. The number of fused-ring (bicyclic) bond motifs is 1. The highest BCUT2D eigenvalue weighted by atomic mass is 32.2. The fourth-order valence-corrected chi connectivity index (χ4v) is 4.47. The van der Waals surface area contributed by atoms with E-state index in [0.717, 1.165) is 45.2 Å². The highest BCUT2D eigenvalue weighted by molar-refractivity contribution is 7.98. The summed E-state index contributed by atoms with van der Waals surface area (Å²) in [5.74, 6) is 3.05. The molecule has 8 heteroatoms. The van der Waals surface area contributed by atoms with E-state index in [-0.39, 0.29) is 0 Å². The van der Waals surface area contributed by atoms with Gasteiger partial charge in [0, 0.05) is 23.3 Å². The average Bonchev–Trinajstić information content (AvgIpc) is 3.46. The maximum absolute atomic E-state index is 5.51. The molecular formula is C23H22N6OS. The zero-order valence-electron chi connectivity index (χ0n) is 17.6. The number of aromatic nitrogens is 6. The normalized spacial score (nSPS) is 11.5. The Labute approximate surface area is 184 Å². The number of rotatable bonds is 6. The van der Waals surface area contributed by atoms with Gasteiger partial charge < -0.3 is 4.42 Å². The summed E-state index contributed by atoms with van der Waals surface area (Å²) in [7, 11) is 0. The van der Waals surface area contributed by atoms with Gasteiger partial charge in [0.2, 0.25) is 5.78 Å². The van der Waals surface area contributed by atoms with E-state index < -0.39 is 0 Å². The minimum atomic E-state index is 0.680. The molecule has 1 aromatic carbocycles. The fourth-order valence-electron chi connectivity index (χ4n) is 3.65. The molecule has 4 aromatic heterocycles. The van der Waals surface area contributed by atoms with Gasteiger partial charge in [-0.2, -0.15) is 0 Å². The SMILES string of the molecule is Cc1cc(C)n2cc(CSc3nnc(-c4ccoc4C)n3Cc3ccccc3)nc2n1. The van der Waals surface area contributed by atoms with Crippen molar-refractivity contribution in [3.05, 3.63) is 83.3 Å². The quantitative estimate of drug-likeness (QED) is 0.359. The predicted molar refractivity (Wildman–Crippen MR) is 120 cm³/mol. The van der Waals surface area contributed by atoms with Crippen molar-refractivity contribution in [3.8, 4) is 11.4 Å². The minimum Gasteiger partial charge on any atom is -0.469 e. The van der Waals surface area contributed by atoms with Crippen LogP contribution in [0.1, 0.15) is 28.4 Å². The molecule has 7 nitrogen and oxygen atoms in total. The zero-order valence-corrected chi connectivity index (χ0v) is 18.4. The van der Waals surface area contributed by atoms with Crippen LogP contribution in [-0.2, 0) is 12.3 Å². The zero-order chi connectivity index (χ0) is 21.4. The molecule has 0 N–H and O–H groups in total. The number of nitrogens with zero attached hydrogens (tertiary/aromatic N) is 6. The molecule has 31 heavy (non-hydrogen) atoms. The van der Waals surface area contributed by atoms with Gasteiger partial charge in [-0.25, -0.2) is 9.97 Å². The molecule has 0 amide bonds. The number of furan rings is 1. The summed E-state index contributed by atoms with van der Waals surface area (Å²) < 4.78 is 9.68. The van der Waals surface area contributed by atoms with E-state index in [1.165, 1.54) is 5.56 Å². The largest absolute Gasteiger partial charge is 0.469 e. The second-order valence-electron chi connectivity index (χ2n) is 7.50. The third kappa shape index (κ3) is 3.86. The Kier molecular flexibility index (Phi) is 5.07. The molecule has 0 atom stereocenters. The van der Waals surface area contributed by atoms with Crippen LogP contribution in [0.2, 0.25) is 0 Å². The van der Waals surface area contributed by atoms with Crippen LogP contribution in [0.4, 0.5) is 0 Å².